The van der Waals surface area contributed by atoms with E-state index < -0.39 is 6.10 Å². The van der Waals surface area contributed by atoms with Gasteiger partial charge in [0, 0.05) is 0 Å². The second kappa shape index (κ2) is 7.88. The molecule has 120 valence electrons. The van der Waals surface area contributed by atoms with Gasteiger partial charge in [0.2, 0.25) is 0 Å². The van der Waals surface area contributed by atoms with Crippen LogP contribution < -0.4 is 4.74 Å². The van der Waals surface area contributed by atoms with E-state index in [0.29, 0.717) is 17.1 Å². The minimum absolute atomic E-state index is 0.0942. The summed E-state index contributed by atoms with van der Waals surface area (Å²) in [4.78, 5) is 0. The normalized spacial score (nSPS) is 12.4. The fourth-order valence-electron chi connectivity index (χ4n) is 2.03. The number of ether oxygens (including phenoxy) is 1. The largest absolute Gasteiger partial charge is 0.487 e. The number of benzene rings is 1. The van der Waals surface area contributed by atoms with Crippen LogP contribution in [0.25, 0.3) is 0 Å². The van der Waals surface area contributed by atoms with Crippen molar-refractivity contribution in [2.45, 2.75) is 39.2 Å². The van der Waals surface area contributed by atoms with E-state index in [-0.39, 0.29) is 26.4 Å². The van der Waals surface area contributed by atoms with Crippen molar-refractivity contribution in [2.75, 3.05) is 6.61 Å². The number of nitrogens with zero attached hydrogens (tertiary/aromatic N) is 3. The molecule has 0 saturated heterocycles. The van der Waals surface area contributed by atoms with Crippen molar-refractivity contribution in [3.05, 3.63) is 41.2 Å². The molecule has 1 atom stereocenters. The number of aliphatic hydroxyl groups is 3. The number of aromatic nitrogens is 3. The first-order valence-corrected chi connectivity index (χ1v) is 7.20. The van der Waals surface area contributed by atoms with Crippen molar-refractivity contribution in [1.82, 2.24) is 15.0 Å². The van der Waals surface area contributed by atoms with Gasteiger partial charge >= 0.3 is 0 Å². The maximum atomic E-state index is 9.52. The summed E-state index contributed by atoms with van der Waals surface area (Å²) >= 11 is 0. The van der Waals surface area contributed by atoms with Crippen LogP contribution in [0.3, 0.4) is 0 Å². The van der Waals surface area contributed by atoms with Gasteiger partial charge < -0.3 is 20.1 Å². The van der Waals surface area contributed by atoms with Crippen molar-refractivity contribution in [2.24, 2.45) is 0 Å². The summed E-state index contributed by atoms with van der Waals surface area (Å²) in [5.74, 6) is 0.705. The Labute approximate surface area is 128 Å². The Morgan fingerprint density at radius 2 is 1.95 bits per heavy atom. The summed E-state index contributed by atoms with van der Waals surface area (Å²) in [7, 11) is 0. The van der Waals surface area contributed by atoms with Gasteiger partial charge in [-0.1, -0.05) is 24.3 Å². The van der Waals surface area contributed by atoms with Crippen molar-refractivity contribution in [1.29, 1.82) is 0 Å². The molecule has 2 aromatic rings. The van der Waals surface area contributed by atoms with Gasteiger partial charge in [0.25, 0.3) is 0 Å². The lowest BCUT2D eigenvalue weighted by atomic mass is 10.2. The molecule has 2 rings (SSSR count). The highest BCUT2D eigenvalue weighted by atomic mass is 16.5. The Morgan fingerprint density at radius 3 is 2.55 bits per heavy atom. The Balaban J connectivity index is 2.08. The lowest BCUT2D eigenvalue weighted by Crippen LogP contribution is -2.22. The smallest absolute Gasteiger partial charge is 0.132 e. The number of rotatable bonds is 8. The number of aliphatic hydroxyl groups excluding tert-OH is 3. The second-order valence-corrected chi connectivity index (χ2v) is 4.95. The van der Waals surface area contributed by atoms with Gasteiger partial charge in [-0.15, -0.1) is 5.10 Å². The molecule has 0 spiro atoms. The predicted octanol–water partition coefficient (Wildman–Crippen LogP) is 0.265. The van der Waals surface area contributed by atoms with Gasteiger partial charge in [-0.25, -0.2) is 4.68 Å². The van der Waals surface area contributed by atoms with Gasteiger partial charge in [-0.2, -0.15) is 0 Å². The molecule has 0 radical (unpaired) electrons. The van der Waals surface area contributed by atoms with Crippen LogP contribution in [0.15, 0.2) is 24.3 Å². The Hall–Kier alpha value is -1.96. The lowest BCUT2D eigenvalue weighted by Gasteiger charge is -2.12. The summed E-state index contributed by atoms with van der Waals surface area (Å²) in [5.41, 5.74) is 2.20. The third-order valence-corrected chi connectivity index (χ3v) is 3.37. The second-order valence-electron chi connectivity index (χ2n) is 4.95. The summed E-state index contributed by atoms with van der Waals surface area (Å²) < 4.78 is 7.13. The van der Waals surface area contributed by atoms with Crippen LogP contribution in [0.1, 0.15) is 23.9 Å². The quantitative estimate of drug-likeness (QED) is 0.647. The fraction of sp³-hybridized carbons (Fsp3) is 0.467. The predicted molar refractivity (Wildman–Crippen MR) is 79.2 cm³/mol. The molecule has 0 amide bonds. The molecular formula is C15H21N3O4. The molecular weight excluding hydrogens is 286 g/mol. The molecule has 3 N–H and O–H groups in total. The molecule has 0 aliphatic carbocycles. The van der Waals surface area contributed by atoms with E-state index >= 15 is 0 Å². The average molecular weight is 307 g/mol. The van der Waals surface area contributed by atoms with Gasteiger partial charge in [0.1, 0.15) is 23.7 Å². The van der Waals surface area contributed by atoms with E-state index in [9.17, 15) is 10.2 Å². The van der Waals surface area contributed by atoms with Crippen LogP contribution in [0.5, 0.6) is 5.75 Å². The third-order valence-electron chi connectivity index (χ3n) is 3.37. The van der Waals surface area contributed by atoms with Crippen LogP contribution in [-0.2, 0) is 26.2 Å². The van der Waals surface area contributed by atoms with Crippen molar-refractivity contribution >= 4 is 0 Å². The van der Waals surface area contributed by atoms with Crippen LogP contribution >= 0.6 is 0 Å². The van der Waals surface area contributed by atoms with Gasteiger partial charge in [-0.05, 0) is 24.1 Å². The summed E-state index contributed by atoms with van der Waals surface area (Å²) in [6.45, 7) is 1.72. The van der Waals surface area contributed by atoms with Crippen LogP contribution in [0, 0.1) is 0 Å². The van der Waals surface area contributed by atoms with Crippen LogP contribution in [0.2, 0.25) is 0 Å². The molecule has 1 aromatic carbocycles. The van der Waals surface area contributed by atoms with Gasteiger partial charge in [0.15, 0.2) is 0 Å². The molecule has 7 heteroatoms. The highest BCUT2D eigenvalue weighted by Crippen LogP contribution is 2.16. The average Bonchev–Trinajstić information content (AvgIpc) is 2.94. The molecule has 0 saturated carbocycles. The van der Waals surface area contributed by atoms with Crippen molar-refractivity contribution < 1.29 is 20.1 Å². The molecule has 0 bridgehead atoms. The highest BCUT2D eigenvalue weighted by Gasteiger charge is 2.15. The zero-order chi connectivity index (χ0) is 15.9. The Bertz CT molecular complexity index is 583. The van der Waals surface area contributed by atoms with Crippen molar-refractivity contribution in [3.8, 4) is 5.75 Å². The molecule has 0 aliphatic rings. The highest BCUT2D eigenvalue weighted by molar-refractivity contribution is 5.27. The minimum Gasteiger partial charge on any atom is -0.487 e. The first kappa shape index (κ1) is 16.4. The van der Waals surface area contributed by atoms with Crippen LogP contribution in [-0.4, -0.2) is 43.0 Å². The Kier molecular flexibility index (Phi) is 5.88. The molecule has 1 heterocycles. The number of hydrogen-bond acceptors (Lipinski definition) is 6. The minimum atomic E-state index is -0.934. The van der Waals surface area contributed by atoms with E-state index in [0.717, 1.165) is 6.42 Å². The van der Waals surface area contributed by atoms with Crippen molar-refractivity contribution in [3.63, 3.8) is 0 Å². The molecule has 7 nitrogen and oxygen atoms in total. The molecule has 1 aromatic heterocycles. The first-order valence-electron chi connectivity index (χ1n) is 7.20. The molecule has 22 heavy (non-hydrogen) atoms. The summed E-state index contributed by atoms with van der Waals surface area (Å²) in [5, 5.41) is 35.5. The monoisotopic (exact) mass is 307 g/mol. The number of hydrogen-bond donors (Lipinski definition) is 3. The zero-order valence-corrected chi connectivity index (χ0v) is 12.5. The Morgan fingerprint density at radius 1 is 1.23 bits per heavy atom. The van der Waals surface area contributed by atoms with E-state index in [4.69, 9.17) is 9.84 Å². The van der Waals surface area contributed by atoms with Gasteiger partial charge in [0.05, 0.1) is 25.9 Å². The zero-order valence-electron chi connectivity index (χ0n) is 12.5. The number of aryl methyl sites for hydroxylation is 1. The summed E-state index contributed by atoms with van der Waals surface area (Å²) in [6.07, 6.45) is 0.0286. The fourth-order valence-corrected chi connectivity index (χ4v) is 2.03. The maximum absolute atomic E-state index is 9.52. The van der Waals surface area contributed by atoms with E-state index in [1.54, 1.807) is 0 Å². The molecule has 1 unspecified atom stereocenters. The topological polar surface area (TPSA) is 101 Å². The third kappa shape index (κ3) is 4.03. The van der Waals surface area contributed by atoms with Gasteiger partial charge in [-0.3, -0.25) is 0 Å². The first-order chi connectivity index (χ1) is 10.7. The van der Waals surface area contributed by atoms with E-state index in [1.165, 1.54) is 10.2 Å². The lowest BCUT2D eigenvalue weighted by molar-refractivity contribution is 0.0760. The van der Waals surface area contributed by atoms with E-state index in [1.807, 2.05) is 24.3 Å². The van der Waals surface area contributed by atoms with Crippen LogP contribution in [0.4, 0.5) is 0 Å². The molecule has 0 fully saturated rings. The standard InChI is InChI=1S/C15H21N3O4/c1-2-11-3-5-13(6-4-11)22-10-15-14(9-20)16-17-18(15)7-12(21)8-19/h3-6,12,19-21H,2,7-10H2,1H3. The SMILES string of the molecule is CCc1ccc(OCc2c(CO)nnn2CC(O)CO)cc1. The van der Waals surface area contributed by atoms with E-state index in [2.05, 4.69) is 17.2 Å². The molecule has 0 aliphatic heterocycles. The maximum Gasteiger partial charge on any atom is 0.132 e. The summed E-state index contributed by atoms with van der Waals surface area (Å²) in [6, 6.07) is 7.75.